The largest absolute Gasteiger partial charge is 0.450 e. The lowest BCUT2D eigenvalue weighted by Crippen LogP contribution is -2.33. The van der Waals surface area contributed by atoms with E-state index >= 15 is 0 Å². The van der Waals surface area contributed by atoms with Crippen molar-refractivity contribution in [1.82, 2.24) is 10.3 Å². The van der Waals surface area contributed by atoms with Gasteiger partial charge in [-0.3, -0.25) is 5.43 Å². The van der Waals surface area contributed by atoms with Gasteiger partial charge in [0, 0.05) is 11.3 Å². The number of aryl methyl sites for hydroxylation is 2. The predicted octanol–water partition coefficient (Wildman–Crippen LogP) is 9.04. The van der Waals surface area contributed by atoms with E-state index in [0.29, 0.717) is 0 Å². The summed E-state index contributed by atoms with van der Waals surface area (Å²) in [5.74, 6) is 4.15. The second kappa shape index (κ2) is 11.6. The van der Waals surface area contributed by atoms with Crippen molar-refractivity contribution in [3.8, 4) is 23.0 Å². The number of hydrogen-bond donors (Lipinski definition) is 1. The minimum atomic E-state index is -0.0153. The van der Waals surface area contributed by atoms with E-state index in [0.717, 1.165) is 72.9 Å². The van der Waals surface area contributed by atoms with Gasteiger partial charge >= 0.3 is 0 Å². The molecule has 1 N–H and O–H groups in total. The predicted molar refractivity (Wildman–Crippen MR) is 168 cm³/mol. The van der Waals surface area contributed by atoms with Crippen LogP contribution >= 0.6 is 0 Å². The van der Waals surface area contributed by atoms with E-state index < -0.39 is 0 Å². The highest BCUT2D eigenvalue weighted by Gasteiger charge is 2.32. The molecule has 0 radical (unpaired) electrons. The first-order valence-corrected chi connectivity index (χ1v) is 15.0. The number of nitrogens with zero attached hydrogens (tertiary/aromatic N) is 2. The Morgan fingerprint density at radius 1 is 0.738 bits per heavy atom. The van der Waals surface area contributed by atoms with Crippen LogP contribution in [0, 0.1) is 0 Å². The van der Waals surface area contributed by atoms with E-state index in [9.17, 15) is 0 Å². The Bertz CT molecular complexity index is 1670. The van der Waals surface area contributed by atoms with Crippen LogP contribution in [-0.4, -0.2) is 10.7 Å². The summed E-state index contributed by atoms with van der Waals surface area (Å²) in [6.07, 6.45) is 10.8. The third-order valence-electron chi connectivity index (χ3n) is 8.28. The number of allylic oxidation sites excluding steroid dienone is 4. The van der Waals surface area contributed by atoms with Crippen molar-refractivity contribution in [3.05, 3.63) is 143 Å². The van der Waals surface area contributed by atoms with E-state index in [-0.39, 0.29) is 6.17 Å². The highest BCUT2D eigenvalue weighted by atomic mass is 16.6. The molecular formula is C37H35N3O2. The van der Waals surface area contributed by atoms with Crippen LogP contribution in [0.2, 0.25) is 0 Å². The number of fused-ring (bicyclic) bond motifs is 2. The lowest BCUT2D eigenvalue weighted by atomic mass is 9.95. The van der Waals surface area contributed by atoms with E-state index in [4.69, 9.17) is 14.6 Å². The number of rotatable bonds is 8. The number of ether oxygens (including phenoxy) is 2. The van der Waals surface area contributed by atoms with Crippen LogP contribution in [-0.2, 0) is 12.8 Å². The van der Waals surface area contributed by atoms with Gasteiger partial charge in [-0.1, -0.05) is 91.4 Å². The molecule has 4 aromatic rings. The van der Waals surface area contributed by atoms with Gasteiger partial charge in [0.1, 0.15) is 6.17 Å². The Balaban J connectivity index is 1.02. The molecule has 5 heteroatoms. The quantitative estimate of drug-likeness (QED) is 0.208. The number of benzene rings is 4. The average molecular weight is 554 g/mol. The molecule has 1 unspecified atom stereocenters. The number of hydrazone groups is 1. The molecule has 0 fully saturated rings. The van der Waals surface area contributed by atoms with Crippen LogP contribution in [0.15, 0.2) is 126 Å². The van der Waals surface area contributed by atoms with Crippen LogP contribution in [0.1, 0.15) is 61.0 Å². The fourth-order valence-corrected chi connectivity index (χ4v) is 5.95. The second-order valence-corrected chi connectivity index (χ2v) is 11.1. The fraction of sp³-hybridized carbons (Fsp3) is 0.216. The third kappa shape index (κ3) is 5.30. The lowest BCUT2D eigenvalue weighted by Gasteiger charge is -2.31. The topological polar surface area (TPSA) is 46.1 Å². The first-order valence-electron chi connectivity index (χ1n) is 15.0. The molecular weight excluding hydrogens is 518 g/mol. The fourth-order valence-electron chi connectivity index (χ4n) is 5.95. The van der Waals surface area contributed by atoms with Gasteiger partial charge in [0.15, 0.2) is 28.8 Å². The van der Waals surface area contributed by atoms with Crippen LogP contribution in [0.4, 0.5) is 0 Å². The zero-order chi connectivity index (χ0) is 28.3. The Hall–Kier alpha value is -4.77. The minimum absolute atomic E-state index is 0.0153. The summed E-state index contributed by atoms with van der Waals surface area (Å²) in [6.45, 7) is 2.15. The van der Waals surface area contributed by atoms with Crippen molar-refractivity contribution in [2.75, 3.05) is 0 Å². The molecule has 2 heterocycles. The summed E-state index contributed by atoms with van der Waals surface area (Å²) in [4.78, 5) is 2.37. The first kappa shape index (κ1) is 26.1. The van der Waals surface area contributed by atoms with Crippen LogP contribution in [0.25, 0.3) is 0 Å². The maximum absolute atomic E-state index is 6.19. The van der Waals surface area contributed by atoms with E-state index in [1.54, 1.807) is 0 Å². The maximum Gasteiger partial charge on any atom is 0.170 e. The molecule has 0 amide bonds. The van der Waals surface area contributed by atoms with E-state index in [2.05, 4.69) is 108 Å². The number of amidine groups is 1. The summed E-state index contributed by atoms with van der Waals surface area (Å²) in [5.41, 5.74) is 11.0. The van der Waals surface area contributed by atoms with Gasteiger partial charge in [-0.05, 0) is 85.6 Å². The summed E-state index contributed by atoms with van der Waals surface area (Å²) in [6, 6.07) is 33.5. The molecule has 0 aromatic heterocycles. The zero-order valence-corrected chi connectivity index (χ0v) is 23.9. The standard InChI is InChI=1S/C37H35N3O2/c1-2-26-18-22-32-34(24-26)41-33-23-19-28(25-35(33)42-32)11-9-10-27-16-20-31(21-17-27)40-36(29-12-5-3-6-13-29)38-39-37(40)30-14-7-4-8-15-30/h3-8,12-16,18-20,22-25,36,38H,2,9-11,17,21H2,1H3. The van der Waals surface area contributed by atoms with Gasteiger partial charge in [0.05, 0.1) is 0 Å². The highest BCUT2D eigenvalue weighted by molar-refractivity contribution is 6.00. The van der Waals surface area contributed by atoms with Crippen LogP contribution < -0.4 is 14.9 Å². The molecule has 3 aliphatic rings. The van der Waals surface area contributed by atoms with Gasteiger partial charge < -0.3 is 14.4 Å². The number of hydrogen-bond acceptors (Lipinski definition) is 5. The monoisotopic (exact) mass is 553 g/mol. The van der Waals surface area contributed by atoms with Gasteiger partial charge in [-0.25, -0.2) is 0 Å². The van der Waals surface area contributed by atoms with Crippen molar-refractivity contribution < 1.29 is 9.47 Å². The normalized spacial score (nSPS) is 17.1. The average Bonchev–Trinajstić information content (AvgIpc) is 3.50. The summed E-state index contributed by atoms with van der Waals surface area (Å²) < 4.78 is 12.3. The SMILES string of the molecule is CCc1ccc2c(c1)Oc1ccc(CCCC3=CC=C(N4C(c5ccccc5)=NNC4c4ccccc4)CC3)cc1O2. The van der Waals surface area contributed by atoms with Crippen molar-refractivity contribution in [2.45, 2.75) is 51.6 Å². The molecule has 42 heavy (non-hydrogen) atoms. The molecule has 0 saturated carbocycles. The molecule has 4 aromatic carbocycles. The number of nitrogens with one attached hydrogen (secondary N) is 1. The minimum Gasteiger partial charge on any atom is -0.450 e. The molecule has 1 aliphatic carbocycles. The third-order valence-corrected chi connectivity index (χ3v) is 8.28. The van der Waals surface area contributed by atoms with Gasteiger partial charge in [0.25, 0.3) is 0 Å². The summed E-state index contributed by atoms with van der Waals surface area (Å²) >= 11 is 0. The Labute approximate surface area is 247 Å². The van der Waals surface area contributed by atoms with Crippen LogP contribution in [0.5, 0.6) is 23.0 Å². The van der Waals surface area contributed by atoms with Crippen LogP contribution in [0.3, 0.4) is 0 Å². The Morgan fingerprint density at radius 2 is 1.43 bits per heavy atom. The van der Waals surface area contributed by atoms with Crippen molar-refractivity contribution in [2.24, 2.45) is 5.10 Å². The zero-order valence-electron chi connectivity index (χ0n) is 23.9. The molecule has 210 valence electrons. The molecule has 1 atom stereocenters. The van der Waals surface area contributed by atoms with E-state index in [1.807, 2.05) is 18.2 Å². The molecule has 2 aliphatic heterocycles. The Kier molecular flexibility index (Phi) is 7.23. The molecule has 0 bridgehead atoms. The molecule has 0 spiro atoms. The first-order chi connectivity index (χ1) is 20.7. The summed E-state index contributed by atoms with van der Waals surface area (Å²) in [5, 5.41) is 4.79. The lowest BCUT2D eigenvalue weighted by molar-refractivity contribution is 0.354. The second-order valence-electron chi connectivity index (χ2n) is 11.1. The van der Waals surface area contributed by atoms with E-state index in [1.165, 1.54) is 28.0 Å². The molecule has 7 rings (SSSR count). The maximum atomic E-state index is 6.19. The smallest absolute Gasteiger partial charge is 0.170 e. The highest BCUT2D eigenvalue weighted by Crippen LogP contribution is 2.46. The van der Waals surface area contributed by atoms with Gasteiger partial charge in [0.2, 0.25) is 0 Å². The Morgan fingerprint density at radius 3 is 2.12 bits per heavy atom. The van der Waals surface area contributed by atoms with Gasteiger partial charge in [-0.15, -0.1) is 0 Å². The molecule has 0 saturated heterocycles. The summed E-state index contributed by atoms with van der Waals surface area (Å²) in [7, 11) is 0. The molecule has 5 nitrogen and oxygen atoms in total. The van der Waals surface area contributed by atoms with Crippen molar-refractivity contribution >= 4 is 5.84 Å². The van der Waals surface area contributed by atoms with Crippen molar-refractivity contribution in [3.63, 3.8) is 0 Å². The van der Waals surface area contributed by atoms with Gasteiger partial charge in [-0.2, -0.15) is 5.10 Å². The van der Waals surface area contributed by atoms with Crippen molar-refractivity contribution in [1.29, 1.82) is 0 Å².